The van der Waals surface area contributed by atoms with E-state index in [2.05, 4.69) is 38.0 Å². The highest BCUT2D eigenvalue weighted by molar-refractivity contribution is 5.76. The molecule has 4 N–H and O–H groups in total. The van der Waals surface area contributed by atoms with Crippen molar-refractivity contribution in [2.24, 2.45) is 5.41 Å². The minimum atomic E-state index is -0.603. The first-order valence-electron chi connectivity index (χ1n) is 7.58. The number of carbonyl (C=O) groups is 1. The summed E-state index contributed by atoms with van der Waals surface area (Å²) in [5, 5.41) is 14.7. The molecule has 128 valence electrons. The molecule has 0 bridgehead atoms. The Bertz CT molecular complexity index is 541. The Morgan fingerprint density at radius 1 is 1.35 bits per heavy atom. The van der Waals surface area contributed by atoms with E-state index in [1.807, 2.05) is 0 Å². The van der Waals surface area contributed by atoms with Gasteiger partial charge < -0.3 is 5.32 Å². The molecule has 0 aliphatic heterocycles. The molecule has 0 aliphatic rings. The van der Waals surface area contributed by atoms with Gasteiger partial charge in [0.15, 0.2) is 0 Å². The van der Waals surface area contributed by atoms with Crippen molar-refractivity contribution in [1.29, 1.82) is 0 Å². The Hall–Kier alpha value is -1.92. The van der Waals surface area contributed by atoms with Crippen LogP contribution in [0.3, 0.4) is 0 Å². The Morgan fingerprint density at radius 3 is 2.57 bits per heavy atom. The monoisotopic (exact) mass is 323 g/mol. The number of hydrogen-bond acceptors (Lipinski definition) is 4. The van der Waals surface area contributed by atoms with Gasteiger partial charge in [-0.3, -0.25) is 15.3 Å². The molecule has 1 aromatic carbocycles. The van der Waals surface area contributed by atoms with Crippen LogP contribution in [0.5, 0.6) is 0 Å². The summed E-state index contributed by atoms with van der Waals surface area (Å²) >= 11 is 0. The van der Waals surface area contributed by atoms with Crippen molar-refractivity contribution in [1.82, 2.24) is 16.1 Å². The number of carbonyl (C=O) groups excluding carboxylic acids is 1. The van der Waals surface area contributed by atoms with Gasteiger partial charge >= 0.3 is 0 Å². The molecule has 23 heavy (non-hydrogen) atoms. The Balaban J connectivity index is 2.80. The molecule has 1 atom stereocenters. The minimum absolute atomic E-state index is 0.157. The van der Waals surface area contributed by atoms with E-state index in [1.165, 1.54) is 6.07 Å². The second-order valence-electron chi connectivity index (χ2n) is 6.63. The van der Waals surface area contributed by atoms with Gasteiger partial charge in [0.1, 0.15) is 5.82 Å². The van der Waals surface area contributed by atoms with E-state index in [4.69, 9.17) is 5.21 Å². The van der Waals surface area contributed by atoms with Crippen LogP contribution in [0.25, 0.3) is 0 Å². The first kappa shape index (κ1) is 19.1. The van der Waals surface area contributed by atoms with Crippen LogP contribution >= 0.6 is 0 Å². The summed E-state index contributed by atoms with van der Waals surface area (Å²) in [6.07, 6.45) is 0.924. The standard InChI is InChI=1S/C17H26FN3O2/c1-12(19-10-9-17(2,3)4)16(20-11-15(22)21-23)13-7-5-6-8-14(13)18/h5-8,16,19-20,23H,1,9-11H2,2-4H3,(H,21,22). The van der Waals surface area contributed by atoms with Crippen LogP contribution in [-0.2, 0) is 4.79 Å². The van der Waals surface area contributed by atoms with Gasteiger partial charge in [0, 0.05) is 17.8 Å². The summed E-state index contributed by atoms with van der Waals surface area (Å²) in [4.78, 5) is 11.2. The van der Waals surface area contributed by atoms with Crippen LogP contribution in [0, 0.1) is 11.2 Å². The fourth-order valence-corrected chi connectivity index (χ4v) is 2.06. The summed E-state index contributed by atoms with van der Waals surface area (Å²) in [7, 11) is 0. The summed E-state index contributed by atoms with van der Waals surface area (Å²) in [5.41, 5.74) is 2.68. The van der Waals surface area contributed by atoms with E-state index in [9.17, 15) is 9.18 Å². The van der Waals surface area contributed by atoms with Crippen molar-refractivity contribution in [2.45, 2.75) is 33.2 Å². The molecule has 0 saturated carbocycles. The number of benzene rings is 1. The smallest absolute Gasteiger partial charge is 0.257 e. The van der Waals surface area contributed by atoms with Crippen LogP contribution < -0.4 is 16.1 Å². The van der Waals surface area contributed by atoms with Gasteiger partial charge in [0.05, 0.1) is 12.6 Å². The van der Waals surface area contributed by atoms with Crippen molar-refractivity contribution in [3.63, 3.8) is 0 Å². The van der Waals surface area contributed by atoms with E-state index in [0.717, 1.165) is 6.42 Å². The number of hydroxylamine groups is 1. The predicted molar refractivity (Wildman–Crippen MR) is 88.3 cm³/mol. The maximum absolute atomic E-state index is 14.1. The van der Waals surface area contributed by atoms with E-state index in [0.29, 0.717) is 17.8 Å². The minimum Gasteiger partial charge on any atom is -0.387 e. The molecule has 0 aromatic heterocycles. The molecule has 0 radical (unpaired) electrons. The molecule has 0 fully saturated rings. The maximum atomic E-state index is 14.1. The predicted octanol–water partition coefficient (Wildman–Crippen LogP) is 2.50. The van der Waals surface area contributed by atoms with Crippen LogP contribution in [0.2, 0.25) is 0 Å². The summed E-state index contributed by atoms with van der Waals surface area (Å²) in [6, 6.07) is 5.75. The first-order chi connectivity index (χ1) is 10.7. The summed E-state index contributed by atoms with van der Waals surface area (Å²) in [5.74, 6) is -0.984. The fraction of sp³-hybridized carbons (Fsp3) is 0.471. The third kappa shape index (κ3) is 6.80. The topological polar surface area (TPSA) is 73.4 Å². The quantitative estimate of drug-likeness (QED) is 0.438. The third-order valence-corrected chi connectivity index (χ3v) is 3.38. The average Bonchev–Trinajstić information content (AvgIpc) is 2.47. The lowest BCUT2D eigenvalue weighted by molar-refractivity contribution is -0.128. The highest BCUT2D eigenvalue weighted by atomic mass is 19.1. The zero-order chi connectivity index (χ0) is 17.5. The fourth-order valence-electron chi connectivity index (χ4n) is 2.06. The highest BCUT2D eigenvalue weighted by Crippen LogP contribution is 2.23. The van der Waals surface area contributed by atoms with Gasteiger partial charge in [-0.25, -0.2) is 9.87 Å². The van der Waals surface area contributed by atoms with Crippen LogP contribution in [0.15, 0.2) is 36.5 Å². The maximum Gasteiger partial charge on any atom is 0.257 e. The number of hydrogen-bond donors (Lipinski definition) is 4. The molecule has 1 amide bonds. The van der Waals surface area contributed by atoms with Crippen molar-refractivity contribution in [3.8, 4) is 0 Å². The second kappa shape index (κ2) is 8.64. The van der Waals surface area contributed by atoms with Crippen LogP contribution in [0.1, 0.15) is 38.8 Å². The first-order valence-corrected chi connectivity index (χ1v) is 7.58. The zero-order valence-corrected chi connectivity index (χ0v) is 13.9. The number of halogens is 1. The second-order valence-corrected chi connectivity index (χ2v) is 6.63. The largest absolute Gasteiger partial charge is 0.387 e. The molecule has 5 nitrogen and oxygen atoms in total. The molecule has 0 spiro atoms. The number of rotatable bonds is 8. The van der Waals surface area contributed by atoms with Crippen LogP contribution in [0.4, 0.5) is 4.39 Å². The molecule has 1 aromatic rings. The molecule has 0 saturated heterocycles. The Labute approximate surface area is 136 Å². The van der Waals surface area contributed by atoms with E-state index in [-0.39, 0.29) is 17.8 Å². The highest BCUT2D eigenvalue weighted by Gasteiger charge is 2.20. The van der Waals surface area contributed by atoms with Crippen molar-refractivity contribution in [2.75, 3.05) is 13.1 Å². The zero-order valence-electron chi connectivity index (χ0n) is 13.9. The normalized spacial score (nSPS) is 12.6. The van der Waals surface area contributed by atoms with Gasteiger partial charge in [-0.1, -0.05) is 45.5 Å². The number of nitrogens with one attached hydrogen (secondary N) is 3. The van der Waals surface area contributed by atoms with Gasteiger partial charge in [0.2, 0.25) is 0 Å². The van der Waals surface area contributed by atoms with Crippen molar-refractivity contribution < 1.29 is 14.4 Å². The molecule has 6 heteroatoms. The summed E-state index contributed by atoms with van der Waals surface area (Å²) < 4.78 is 14.1. The van der Waals surface area contributed by atoms with Gasteiger partial charge in [-0.2, -0.15) is 0 Å². The Morgan fingerprint density at radius 2 is 2.00 bits per heavy atom. The van der Waals surface area contributed by atoms with Crippen LogP contribution in [-0.4, -0.2) is 24.2 Å². The van der Waals surface area contributed by atoms with Gasteiger partial charge in [-0.15, -0.1) is 0 Å². The lowest BCUT2D eigenvalue weighted by atomic mass is 9.92. The lowest BCUT2D eigenvalue weighted by Gasteiger charge is -2.25. The van der Waals surface area contributed by atoms with E-state index < -0.39 is 11.9 Å². The van der Waals surface area contributed by atoms with E-state index >= 15 is 0 Å². The Kier molecular flexibility index (Phi) is 7.19. The molecular weight excluding hydrogens is 297 g/mol. The molecule has 1 rings (SSSR count). The lowest BCUT2D eigenvalue weighted by Crippen LogP contribution is -2.37. The molecule has 0 aliphatic carbocycles. The van der Waals surface area contributed by atoms with Gasteiger partial charge in [0.25, 0.3) is 5.91 Å². The van der Waals surface area contributed by atoms with Gasteiger partial charge in [-0.05, 0) is 17.9 Å². The van der Waals surface area contributed by atoms with Crippen molar-refractivity contribution >= 4 is 5.91 Å². The summed E-state index contributed by atoms with van der Waals surface area (Å²) in [6.45, 7) is 10.9. The molecule has 1 unspecified atom stereocenters. The SMILES string of the molecule is C=C(NCCC(C)(C)C)C(NCC(=O)NO)c1ccccc1F. The third-order valence-electron chi connectivity index (χ3n) is 3.38. The number of amides is 1. The van der Waals surface area contributed by atoms with Crippen molar-refractivity contribution in [3.05, 3.63) is 47.9 Å². The molecular formula is C17H26FN3O2. The average molecular weight is 323 g/mol. The van der Waals surface area contributed by atoms with E-state index in [1.54, 1.807) is 23.7 Å². The molecule has 0 heterocycles.